The third kappa shape index (κ3) is 5.35. The van der Waals surface area contributed by atoms with Gasteiger partial charge in [0.05, 0.1) is 26.2 Å². The quantitative estimate of drug-likeness (QED) is 0.495. The maximum absolute atomic E-state index is 11.0. The zero-order valence-electron chi connectivity index (χ0n) is 10.7. The van der Waals surface area contributed by atoms with Gasteiger partial charge in [-0.25, -0.2) is 0 Å². The van der Waals surface area contributed by atoms with Gasteiger partial charge in [-0.05, 0) is 25.7 Å². The second-order valence-electron chi connectivity index (χ2n) is 4.35. The molecule has 1 aliphatic heterocycles. The molecule has 0 spiro atoms. The van der Waals surface area contributed by atoms with Crippen molar-refractivity contribution in [3.63, 3.8) is 0 Å². The van der Waals surface area contributed by atoms with E-state index in [1.54, 1.807) is 6.92 Å². The van der Waals surface area contributed by atoms with Crippen molar-refractivity contribution in [2.45, 2.75) is 26.2 Å². The predicted molar refractivity (Wildman–Crippen MR) is 61.8 cm³/mol. The second-order valence-corrected chi connectivity index (χ2v) is 4.35. The topological polar surface area (TPSA) is 78.9 Å². The Kier molecular flexibility index (Phi) is 6.49. The lowest BCUT2D eigenvalue weighted by molar-refractivity contribution is -0.267. The van der Waals surface area contributed by atoms with Crippen molar-refractivity contribution in [2.75, 3.05) is 32.9 Å². The molecule has 1 unspecified atom stereocenters. The summed E-state index contributed by atoms with van der Waals surface area (Å²) < 4.78 is 10.1. The number of amides is 1. The Labute approximate surface area is 107 Å². The van der Waals surface area contributed by atoms with Gasteiger partial charge in [-0.15, -0.1) is 0 Å². The lowest BCUT2D eigenvalue weighted by Crippen LogP contribution is -2.47. The highest BCUT2D eigenvalue weighted by molar-refractivity contribution is 5.69. The fraction of sp³-hybridized carbons (Fsp3) is 0.833. The molecule has 0 aromatic heterocycles. The van der Waals surface area contributed by atoms with Crippen molar-refractivity contribution >= 4 is 12.1 Å². The monoisotopic (exact) mass is 258 g/mol. The maximum Gasteiger partial charge on any atom is 0.308 e. The zero-order valence-corrected chi connectivity index (χ0v) is 10.7. The molecule has 0 aromatic rings. The number of likely N-dealkylation sites (tertiary alicyclic amines) is 1. The molecular weight excluding hydrogens is 238 g/mol. The minimum Gasteiger partial charge on any atom is -0.530 e. The molecule has 1 aliphatic rings. The zero-order chi connectivity index (χ0) is 13.4. The van der Waals surface area contributed by atoms with Gasteiger partial charge < -0.3 is 24.3 Å². The van der Waals surface area contributed by atoms with Gasteiger partial charge in [0, 0.05) is 13.1 Å². The van der Waals surface area contributed by atoms with Gasteiger partial charge in [-0.2, -0.15) is 0 Å². The van der Waals surface area contributed by atoms with E-state index < -0.39 is 6.09 Å². The smallest absolute Gasteiger partial charge is 0.308 e. The molecule has 0 radical (unpaired) electrons. The van der Waals surface area contributed by atoms with Crippen LogP contribution in [0.4, 0.5) is 4.79 Å². The SMILES string of the molecule is CCOC(=O)CCOCC1CCCN(C(=O)[O-])C1. The molecule has 1 saturated heterocycles. The van der Waals surface area contributed by atoms with Crippen LogP contribution >= 0.6 is 0 Å². The first-order chi connectivity index (χ1) is 8.63. The normalized spacial score (nSPS) is 19.6. The van der Waals surface area contributed by atoms with Gasteiger partial charge in [-0.3, -0.25) is 4.79 Å². The first kappa shape index (κ1) is 14.8. The number of carbonyl (C=O) groups is 2. The summed E-state index contributed by atoms with van der Waals surface area (Å²) in [5, 5.41) is 10.7. The Morgan fingerprint density at radius 3 is 2.89 bits per heavy atom. The van der Waals surface area contributed by atoms with Crippen LogP contribution in [-0.4, -0.2) is 49.9 Å². The Hall–Kier alpha value is -1.30. The van der Waals surface area contributed by atoms with Crippen LogP contribution < -0.4 is 5.11 Å². The Morgan fingerprint density at radius 1 is 1.44 bits per heavy atom. The van der Waals surface area contributed by atoms with Crippen molar-refractivity contribution < 1.29 is 24.2 Å². The van der Waals surface area contributed by atoms with Gasteiger partial charge in [0.25, 0.3) is 0 Å². The number of nitrogens with zero attached hydrogens (tertiary/aromatic N) is 1. The summed E-state index contributed by atoms with van der Waals surface area (Å²) in [6.07, 6.45) is 0.902. The fourth-order valence-electron chi connectivity index (χ4n) is 2.01. The van der Waals surface area contributed by atoms with Crippen LogP contribution in [0.3, 0.4) is 0 Å². The van der Waals surface area contributed by atoms with E-state index in [-0.39, 0.29) is 18.3 Å². The summed E-state index contributed by atoms with van der Waals surface area (Å²) in [5.41, 5.74) is 0. The number of hydrogen-bond donors (Lipinski definition) is 0. The molecule has 18 heavy (non-hydrogen) atoms. The highest BCUT2D eigenvalue weighted by atomic mass is 16.5. The highest BCUT2D eigenvalue weighted by Gasteiger charge is 2.19. The summed E-state index contributed by atoms with van der Waals surface area (Å²) in [5.74, 6) is -0.0728. The minimum absolute atomic E-state index is 0.193. The van der Waals surface area contributed by atoms with Crippen LogP contribution in [0.2, 0.25) is 0 Å². The van der Waals surface area contributed by atoms with Crippen LogP contribution in [0.5, 0.6) is 0 Å². The third-order valence-electron chi connectivity index (χ3n) is 2.89. The molecule has 1 amide bonds. The molecule has 6 heteroatoms. The van der Waals surface area contributed by atoms with Crippen molar-refractivity contribution in [1.82, 2.24) is 4.90 Å². The number of ether oxygens (including phenoxy) is 2. The predicted octanol–water partition coefficient (Wildman–Crippen LogP) is 0.0115. The molecule has 1 atom stereocenters. The van der Waals surface area contributed by atoms with Crippen LogP contribution in [0, 0.1) is 5.92 Å². The lowest BCUT2D eigenvalue weighted by atomic mass is 9.99. The Morgan fingerprint density at radius 2 is 2.22 bits per heavy atom. The number of carboxylic acid groups (broad SMARTS) is 1. The molecule has 0 bridgehead atoms. The average Bonchev–Trinajstić information content (AvgIpc) is 2.35. The largest absolute Gasteiger partial charge is 0.530 e. The van der Waals surface area contributed by atoms with Gasteiger partial charge in [0.2, 0.25) is 0 Å². The highest BCUT2D eigenvalue weighted by Crippen LogP contribution is 2.16. The second kappa shape index (κ2) is 7.92. The number of rotatable bonds is 6. The van der Waals surface area contributed by atoms with Crippen molar-refractivity contribution in [3.05, 3.63) is 0 Å². The average molecular weight is 258 g/mol. The Balaban J connectivity index is 2.11. The molecule has 6 nitrogen and oxygen atoms in total. The van der Waals surface area contributed by atoms with E-state index in [1.807, 2.05) is 0 Å². The van der Waals surface area contributed by atoms with Crippen LogP contribution in [0.15, 0.2) is 0 Å². The molecule has 104 valence electrons. The molecule has 0 N–H and O–H groups in total. The van der Waals surface area contributed by atoms with Gasteiger partial charge in [0.1, 0.15) is 6.09 Å². The number of hydrogen-bond acceptors (Lipinski definition) is 5. The summed E-state index contributed by atoms with van der Waals surface area (Å²) in [6.45, 7) is 3.94. The first-order valence-corrected chi connectivity index (χ1v) is 6.32. The summed E-state index contributed by atoms with van der Waals surface area (Å²) in [4.78, 5) is 23.1. The molecule has 1 fully saturated rings. The van der Waals surface area contributed by atoms with E-state index in [9.17, 15) is 14.7 Å². The molecule has 0 aliphatic carbocycles. The number of carbonyl (C=O) groups excluding carboxylic acids is 2. The summed E-state index contributed by atoms with van der Waals surface area (Å²) in [7, 11) is 0. The molecule has 1 rings (SSSR count). The lowest BCUT2D eigenvalue weighted by Gasteiger charge is -2.34. The molecular formula is C12H20NO5-. The molecule has 1 heterocycles. The van der Waals surface area contributed by atoms with E-state index in [0.717, 1.165) is 12.8 Å². The number of esters is 1. The fourth-order valence-corrected chi connectivity index (χ4v) is 2.01. The van der Waals surface area contributed by atoms with E-state index in [1.165, 1.54) is 4.90 Å². The standard InChI is InChI=1S/C12H21NO5/c1-2-18-11(14)5-7-17-9-10-4-3-6-13(8-10)12(15)16/h10H,2-9H2,1H3,(H,15,16)/p-1. The van der Waals surface area contributed by atoms with Gasteiger partial charge >= 0.3 is 5.97 Å². The summed E-state index contributed by atoms with van der Waals surface area (Å²) in [6, 6.07) is 0. The third-order valence-corrected chi connectivity index (χ3v) is 2.89. The maximum atomic E-state index is 11.0. The van der Waals surface area contributed by atoms with Crippen LogP contribution in [-0.2, 0) is 14.3 Å². The van der Waals surface area contributed by atoms with Crippen molar-refractivity contribution in [1.29, 1.82) is 0 Å². The van der Waals surface area contributed by atoms with Crippen LogP contribution in [0.25, 0.3) is 0 Å². The minimum atomic E-state index is -1.12. The van der Waals surface area contributed by atoms with Gasteiger partial charge in [-0.1, -0.05) is 0 Å². The number of piperidine rings is 1. The van der Waals surface area contributed by atoms with Crippen LogP contribution in [0.1, 0.15) is 26.2 Å². The molecule has 0 aromatic carbocycles. The Bertz CT molecular complexity index is 282. The van der Waals surface area contributed by atoms with Crippen molar-refractivity contribution in [3.8, 4) is 0 Å². The van der Waals surface area contributed by atoms with E-state index in [4.69, 9.17) is 9.47 Å². The van der Waals surface area contributed by atoms with Gasteiger partial charge in [0.15, 0.2) is 0 Å². The van der Waals surface area contributed by atoms with E-state index in [0.29, 0.717) is 32.9 Å². The van der Waals surface area contributed by atoms with Crippen molar-refractivity contribution in [2.24, 2.45) is 5.92 Å². The first-order valence-electron chi connectivity index (χ1n) is 6.32. The summed E-state index contributed by atoms with van der Waals surface area (Å²) >= 11 is 0. The van der Waals surface area contributed by atoms with E-state index >= 15 is 0 Å². The van der Waals surface area contributed by atoms with E-state index in [2.05, 4.69) is 0 Å². The molecule has 0 saturated carbocycles.